The van der Waals surface area contributed by atoms with Gasteiger partial charge in [-0.3, -0.25) is 4.79 Å². The van der Waals surface area contributed by atoms with Gasteiger partial charge in [0.2, 0.25) is 5.91 Å². The van der Waals surface area contributed by atoms with Crippen LogP contribution in [0.5, 0.6) is 0 Å². The fourth-order valence-electron chi connectivity index (χ4n) is 2.27. The average Bonchev–Trinajstić information content (AvgIpc) is 2.74. The summed E-state index contributed by atoms with van der Waals surface area (Å²) in [6.45, 7) is 8.14. The topological polar surface area (TPSA) is 46.9 Å². The van der Waals surface area contributed by atoms with Crippen LogP contribution < -0.4 is 5.32 Å². The Morgan fingerprint density at radius 3 is 2.52 bits per heavy atom. The second-order valence-electron chi connectivity index (χ2n) is 5.77. The van der Waals surface area contributed by atoms with Crippen LogP contribution in [0, 0.1) is 19.8 Å². The Hall–Kier alpha value is -2.10. The number of hydrogen-bond acceptors (Lipinski definition) is 2. The number of carbonyl (C=O) groups is 1. The summed E-state index contributed by atoms with van der Waals surface area (Å²) in [6.07, 6.45) is 1.45. The first kappa shape index (κ1) is 15.3. The van der Waals surface area contributed by atoms with Gasteiger partial charge in [0.15, 0.2) is 0 Å². The standard InChI is InChI=1S/C17H23N3O/c1-12(2)10-11-16(21)18-17-13(3)19-20(14(17)4)15-8-6-5-7-9-15/h5-9,12H,10-11H2,1-4H3,(H,18,21). The number of aryl methyl sites for hydroxylation is 1. The first-order valence-electron chi connectivity index (χ1n) is 7.40. The maximum absolute atomic E-state index is 12.0. The summed E-state index contributed by atoms with van der Waals surface area (Å²) in [5.41, 5.74) is 3.62. The van der Waals surface area contributed by atoms with Gasteiger partial charge in [-0.15, -0.1) is 0 Å². The van der Waals surface area contributed by atoms with Crippen LogP contribution in [0.15, 0.2) is 30.3 Å². The lowest BCUT2D eigenvalue weighted by atomic mass is 10.1. The molecule has 1 aromatic carbocycles. The molecule has 0 atom stereocenters. The normalized spacial score (nSPS) is 10.9. The van der Waals surface area contributed by atoms with E-state index < -0.39 is 0 Å². The second-order valence-corrected chi connectivity index (χ2v) is 5.77. The SMILES string of the molecule is Cc1nn(-c2ccccc2)c(C)c1NC(=O)CCC(C)C. The molecular weight excluding hydrogens is 262 g/mol. The molecule has 0 saturated carbocycles. The molecule has 0 fully saturated rings. The monoisotopic (exact) mass is 285 g/mol. The molecule has 2 rings (SSSR count). The van der Waals surface area contributed by atoms with E-state index in [1.54, 1.807) is 0 Å². The van der Waals surface area contributed by atoms with E-state index in [1.807, 2.05) is 48.9 Å². The van der Waals surface area contributed by atoms with Crippen molar-refractivity contribution in [3.8, 4) is 5.69 Å². The molecule has 0 aliphatic rings. The molecule has 112 valence electrons. The number of benzene rings is 1. The van der Waals surface area contributed by atoms with E-state index >= 15 is 0 Å². The number of anilines is 1. The second kappa shape index (κ2) is 6.57. The van der Waals surface area contributed by atoms with Crippen molar-refractivity contribution >= 4 is 11.6 Å². The third kappa shape index (κ3) is 3.72. The zero-order valence-electron chi connectivity index (χ0n) is 13.2. The predicted molar refractivity (Wildman–Crippen MR) is 85.7 cm³/mol. The van der Waals surface area contributed by atoms with Crippen molar-refractivity contribution in [2.45, 2.75) is 40.5 Å². The Labute approximate surface area is 126 Å². The fourth-order valence-corrected chi connectivity index (χ4v) is 2.27. The van der Waals surface area contributed by atoms with Crippen LogP contribution in [-0.2, 0) is 4.79 Å². The first-order valence-corrected chi connectivity index (χ1v) is 7.40. The summed E-state index contributed by atoms with van der Waals surface area (Å²) in [4.78, 5) is 12.0. The van der Waals surface area contributed by atoms with E-state index in [0.717, 1.165) is 29.2 Å². The number of amides is 1. The van der Waals surface area contributed by atoms with Crippen molar-refractivity contribution in [3.63, 3.8) is 0 Å². The molecule has 1 amide bonds. The van der Waals surface area contributed by atoms with Gasteiger partial charge in [0.05, 0.1) is 22.8 Å². The van der Waals surface area contributed by atoms with Gasteiger partial charge in [-0.25, -0.2) is 4.68 Å². The molecule has 4 nitrogen and oxygen atoms in total. The summed E-state index contributed by atoms with van der Waals surface area (Å²) in [7, 11) is 0. The fraction of sp³-hybridized carbons (Fsp3) is 0.412. The van der Waals surface area contributed by atoms with E-state index in [9.17, 15) is 4.79 Å². The Morgan fingerprint density at radius 1 is 1.24 bits per heavy atom. The van der Waals surface area contributed by atoms with Gasteiger partial charge in [0.25, 0.3) is 0 Å². The Morgan fingerprint density at radius 2 is 1.90 bits per heavy atom. The molecule has 1 N–H and O–H groups in total. The Balaban J connectivity index is 2.18. The molecule has 1 aromatic heterocycles. The van der Waals surface area contributed by atoms with Crippen molar-refractivity contribution in [1.82, 2.24) is 9.78 Å². The van der Waals surface area contributed by atoms with E-state index in [4.69, 9.17) is 0 Å². The molecule has 0 bridgehead atoms. The number of carbonyl (C=O) groups excluding carboxylic acids is 1. The van der Waals surface area contributed by atoms with Crippen molar-refractivity contribution in [2.24, 2.45) is 5.92 Å². The Bertz CT molecular complexity index is 614. The summed E-state index contributed by atoms with van der Waals surface area (Å²) >= 11 is 0. The lowest BCUT2D eigenvalue weighted by Crippen LogP contribution is -2.13. The van der Waals surface area contributed by atoms with E-state index in [-0.39, 0.29) is 5.91 Å². The number of nitrogens with zero attached hydrogens (tertiary/aromatic N) is 2. The van der Waals surface area contributed by atoms with Crippen molar-refractivity contribution in [1.29, 1.82) is 0 Å². The highest BCUT2D eigenvalue weighted by molar-refractivity contribution is 5.92. The van der Waals surface area contributed by atoms with Crippen LogP contribution in [0.4, 0.5) is 5.69 Å². The molecule has 0 unspecified atom stereocenters. The molecule has 0 saturated heterocycles. The highest BCUT2D eigenvalue weighted by Gasteiger charge is 2.15. The highest BCUT2D eigenvalue weighted by Crippen LogP contribution is 2.23. The number of rotatable bonds is 5. The number of nitrogens with one attached hydrogen (secondary N) is 1. The first-order chi connectivity index (χ1) is 9.99. The minimum atomic E-state index is 0.0579. The third-order valence-corrected chi connectivity index (χ3v) is 3.51. The van der Waals surface area contributed by atoms with E-state index in [2.05, 4.69) is 24.3 Å². The van der Waals surface area contributed by atoms with Gasteiger partial charge in [0.1, 0.15) is 0 Å². The largest absolute Gasteiger partial charge is 0.323 e. The summed E-state index contributed by atoms with van der Waals surface area (Å²) in [5, 5.41) is 7.53. The van der Waals surface area contributed by atoms with Crippen LogP contribution in [-0.4, -0.2) is 15.7 Å². The zero-order chi connectivity index (χ0) is 15.4. The molecule has 4 heteroatoms. The van der Waals surface area contributed by atoms with Crippen LogP contribution >= 0.6 is 0 Å². The van der Waals surface area contributed by atoms with Crippen LogP contribution in [0.2, 0.25) is 0 Å². The molecule has 0 spiro atoms. The van der Waals surface area contributed by atoms with E-state index in [1.165, 1.54) is 0 Å². The number of para-hydroxylation sites is 1. The Kier molecular flexibility index (Phi) is 4.78. The van der Waals surface area contributed by atoms with Gasteiger partial charge in [-0.05, 0) is 38.3 Å². The van der Waals surface area contributed by atoms with Gasteiger partial charge in [0, 0.05) is 6.42 Å². The quantitative estimate of drug-likeness (QED) is 0.906. The lowest BCUT2D eigenvalue weighted by molar-refractivity contribution is -0.116. The smallest absolute Gasteiger partial charge is 0.224 e. The van der Waals surface area contributed by atoms with Crippen LogP contribution in [0.1, 0.15) is 38.1 Å². The molecule has 0 aliphatic carbocycles. The minimum absolute atomic E-state index is 0.0579. The molecular formula is C17H23N3O. The summed E-state index contributed by atoms with van der Waals surface area (Å²) < 4.78 is 1.87. The molecule has 0 aliphatic heterocycles. The predicted octanol–water partition coefficient (Wildman–Crippen LogP) is 3.86. The van der Waals surface area contributed by atoms with Gasteiger partial charge in [-0.2, -0.15) is 5.10 Å². The summed E-state index contributed by atoms with van der Waals surface area (Å²) in [5.74, 6) is 0.590. The van der Waals surface area contributed by atoms with Gasteiger partial charge in [-0.1, -0.05) is 32.0 Å². The van der Waals surface area contributed by atoms with E-state index in [0.29, 0.717) is 12.3 Å². The minimum Gasteiger partial charge on any atom is -0.323 e. The van der Waals surface area contributed by atoms with Crippen molar-refractivity contribution < 1.29 is 4.79 Å². The van der Waals surface area contributed by atoms with Crippen molar-refractivity contribution in [2.75, 3.05) is 5.32 Å². The van der Waals surface area contributed by atoms with Gasteiger partial charge >= 0.3 is 0 Å². The molecule has 1 heterocycles. The third-order valence-electron chi connectivity index (χ3n) is 3.51. The zero-order valence-corrected chi connectivity index (χ0v) is 13.2. The maximum Gasteiger partial charge on any atom is 0.224 e. The highest BCUT2D eigenvalue weighted by atomic mass is 16.1. The number of aromatic nitrogens is 2. The number of hydrogen-bond donors (Lipinski definition) is 1. The average molecular weight is 285 g/mol. The van der Waals surface area contributed by atoms with Crippen molar-refractivity contribution in [3.05, 3.63) is 41.7 Å². The lowest BCUT2D eigenvalue weighted by Gasteiger charge is -2.08. The van der Waals surface area contributed by atoms with Crippen LogP contribution in [0.3, 0.4) is 0 Å². The van der Waals surface area contributed by atoms with Crippen LogP contribution in [0.25, 0.3) is 5.69 Å². The maximum atomic E-state index is 12.0. The summed E-state index contributed by atoms with van der Waals surface area (Å²) in [6, 6.07) is 9.94. The molecule has 21 heavy (non-hydrogen) atoms. The van der Waals surface area contributed by atoms with Gasteiger partial charge < -0.3 is 5.32 Å². The molecule has 0 radical (unpaired) electrons. The molecule has 2 aromatic rings.